The number of nitrogens with one attached hydrogen (secondary N) is 1. The Labute approximate surface area is 279 Å². The molecule has 0 amide bonds. The summed E-state index contributed by atoms with van der Waals surface area (Å²) in [5.74, 6) is -2.13. The standard InChI is InChI=1S/C34H33NO7.C2HF3O2/c1-40-28-14-15-30(33(37)23-5-3-2-4-6-23)32(18-28)41-21-27(36)19-35-20-29-13-11-26-17-25(12-16-31(26)42-29)22-7-9-24(10-8-22)34(38)39;3-2(4,5)1(6)7/h2-10,12,14-18,27,29,35-36H,11,13,19-21H2,1H3,(H,38,39);(H,6,7)/t27-,29-;/m1./s1. The summed E-state index contributed by atoms with van der Waals surface area (Å²) >= 11 is 0. The first-order valence-corrected chi connectivity index (χ1v) is 15.1. The van der Waals surface area contributed by atoms with E-state index in [9.17, 15) is 27.9 Å². The number of carboxylic acids is 2. The Kier molecular flexibility index (Phi) is 12.4. The van der Waals surface area contributed by atoms with E-state index < -0.39 is 24.2 Å². The fraction of sp³-hybridized carbons (Fsp3) is 0.250. The zero-order valence-corrected chi connectivity index (χ0v) is 26.3. The lowest BCUT2D eigenvalue weighted by Crippen LogP contribution is -2.39. The van der Waals surface area contributed by atoms with Crippen LogP contribution >= 0.6 is 0 Å². The summed E-state index contributed by atoms with van der Waals surface area (Å²) in [6.07, 6.45) is -4.26. The van der Waals surface area contributed by atoms with E-state index in [0.29, 0.717) is 35.7 Å². The third-order valence-corrected chi connectivity index (χ3v) is 7.45. The fourth-order valence-electron chi connectivity index (χ4n) is 4.91. The predicted octanol–water partition coefficient (Wildman–Crippen LogP) is 5.65. The maximum absolute atomic E-state index is 13.0. The number of hydrogen-bond acceptors (Lipinski definition) is 8. The number of aromatic carboxylic acids is 1. The summed E-state index contributed by atoms with van der Waals surface area (Å²) in [5.41, 5.74) is 4.28. The van der Waals surface area contributed by atoms with E-state index in [0.717, 1.165) is 35.3 Å². The largest absolute Gasteiger partial charge is 0.497 e. The average molecular weight is 682 g/mol. The number of carbonyl (C=O) groups excluding carboxylic acids is 1. The van der Waals surface area contributed by atoms with Crippen LogP contribution < -0.4 is 19.5 Å². The van der Waals surface area contributed by atoms with Gasteiger partial charge in [-0.25, -0.2) is 9.59 Å². The Balaban J connectivity index is 0.000000698. The van der Waals surface area contributed by atoms with Crippen LogP contribution in [0.25, 0.3) is 11.1 Å². The van der Waals surface area contributed by atoms with E-state index in [2.05, 4.69) is 11.4 Å². The van der Waals surface area contributed by atoms with Gasteiger partial charge in [0.1, 0.15) is 36.1 Å². The molecule has 1 aliphatic rings. The van der Waals surface area contributed by atoms with Crippen LogP contribution in [-0.2, 0) is 11.2 Å². The van der Waals surface area contributed by atoms with Crippen LogP contribution in [-0.4, -0.2) is 78.2 Å². The highest BCUT2D eigenvalue weighted by Crippen LogP contribution is 2.32. The fourth-order valence-corrected chi connectivity index (χ4v) is 4.91. The average Bonchev–Trinajstić information content (AvgIpc) is 3.10. The van der Waals surface area contributed by atoms with Crippen molar-refractivity contribution in [1.82, 2.24) is 5.32 Å². The van der Waals surface area contributed by atoms with Crippen LogP contribution in [0.1, 0.15) is 38.3 Å². The van der Waals surface area contributed by atoms with Gasteiger partial charge in [0.15, 0.2) is 5.78 Å². The lowest BCUT2D eigenvalue weighted by molar-refractivity contribution is -0.192. The maximum Gasteiger partial charge on any atom is 0.490 e. The Morgan fingerprint density at radius 3 is 2.22 bits per heavy atom. The smallest absolute Gasteiger partial charge is 0.490 e. The lowest BCUT2D eigenvalue weighted by Gasteiger charge is -2.27. The van der Waals surface area contributed by atoms with Gasteiger partial charge < -0.3 is 34.8 Å². The molecule has 4 aromatic carbocycles. The lowest BCUT2D eigenvalue weighted by atomic mass is 9.96. The molecule has 13 heteroatoms. The zero-order chi connectivity index (χ0) is 35.6. The van der Waals surface area contributed by atoms with Crippen LogP contribution in [0.4, 0.5) is 13.2 Å². The van der Waals surface area contributed by atoms with Crippen molar-refractivity contribution in [2.75, 3.05) is 26.8 Å². The number of carbonyl (C=O) groups is 3. The molecule has 0 spiro atoms. The van der Waals surface area contributed by atoms with E-state index in [4.69, 9.17) is 29.2 Å². The molecule has 0 unspecified atom stereocenters. The molecule has 4 N–H and O–H groups in total. The van der Waals surface area contributed by atoms with Crippen LogP contribution in [0.5, 0.6) is 17.2 Å². The van der Waals surface area contributed by atoms with Crippen molar-refractivity contribution in [1.29, 1.82) is 0 Å². The molecule has 0 aromatic heterocycles. The second kappa shape index (κ2) is 16.6. The van der Waals surface area contributed by atoms with Crippen molar-refractivity contribution < 1.29 is 57.1 Å². The van der Waals surface area contributed by atoms with Gasteiger partial charge in [-0.05, 0) is 65.9 Å². The minimum atomic E-state index is -5.08. The molecule has 1 heterocycles. The zero-order valence-electron chi connectivity index (χ0n) is 26.3. The summed E-state index contributed by atoms with van der Waals surface area (Å²) in [5, 5.41) is 30.1. The molecule has 0 radical (unpaired) electrons. The second-order valence-corrected chi connectivity index (χ2v) is 11.0. The Bertz CT molecular complexity index is 1750. The van der Waals surface area contributed by atoms with Crippen LogP contribution in [0, 0.1) is 0 Å². The molecule has 0 aliphatic carbocycles. The number of ether oxygens (including phenoxy) is 3. The second-order valence-electron chi connectivity index (χ2n) is 11.0. The molecule has 2 atom stereocenters. The molecule has 0 saturated heterocycles. The predicted molar refractivity (Wildman–Crippen MR) is 173 cm³/mol. The van der Waals surface area contributed by atoms with Gasteiger partial charge >= 0.3 is 18.1 Å². The number of aliphatic hydroxyl groups is 1. The first-order valence-electron chi connectivity index (χ1n) is 15.1. The van der Waals surface area contributed by atoms with Gasteiger partial charge in [0.2, 0.25) is 0 Å². The molecule has 258 valence electrons. The van der Waals surface area contributed by atoms with Crippen molar-refractivity contribution in [3.63, 3.8) is 0 Å². The number of halogens is 3. The van der Waals surface area contributed by atoms with Gasteiger partial charge in [0, 0.05) is 24.7 Å². The van der Waals surface area contributed by atoms with Crippen molar-refractivity contribution in [3.05, 3.63) is 113 Å². The molecule has 0 bridgehead atoms. The highest BCUT2D eigenvalue weighted by atomic mass is 19.4. The van der Waals surface area contributed by atoms with Crippen molar-refractivity contribution >= 4 is 17.7 Å². The summed E-state index contributed by atoms with van der Waals surface area (Å²) in [4.78, 5) is 33.1. The normalized spacial score (nSPS) is 14.3. The first kappa shape index (κ1) is 36.4. The van der Waals surface area contributed by atoms with Gasteiger partial charge in [0.05, 0.1) is 18.2 Å². The molecule has 1 aliphatic heterocycles. The van der Waals surface area contributed by atoms with Crippen molar-refractivity contribution in [3.8, 4) is 28.4 Å². The van der Waals surface area contributed by atoms with Gasteiger partial charge in [-0.15, -0.1) is 0 Å². The van der Waals surface area contributed by atoms with Gasteiger partial charge in [-0.2, -0.15) is 13.2 Å². The Hall–Kier alpha value is -5.40. The van der Waals surface area contributed by atoms with Gasteiger partial charge in [-0.1, -0.05) is 48.5 Å². The number of methoxy groups -OCH3 is 1. The summed E-state index contributed by atoms with van der Waals surface area (Å²) in [6.45, 7) is 0.857. The third kappa shape index (κ3) is 10.3. The van der Waals surface area contributed by atoms with Crippen LogP contribution in [0.2, 0.25) is 0 Å². The number of aryl methyl sites for hydroxylation is 1. The minimum Gasteiger partial charge on any atom is -0.497 e. The van der Waals surface area contributed by atoms with E-state index in [1.54, 1.807) is 49.6 Å². The topological polar surface area (TPSA) is 152 Å². The molecule has 49 heavy (non-hydrogen) atoms. The molecule has 5 rings (SSSR count). The molecule has 0 saturated carbocycles. The molecule has 10 nitrogen and oxygen atoms in total. The summed E-state index contributed by atoms with van der Waals surface area (Å²) < 4.78 is 49.1. The number of aliphatic carboxylic acids is 1. The Morgan fingerprint density at radius 2 is 1.59 bits per heavy atom. The highest BCUT2D eigenvalue weighted by molar-refractivity contribution is 6.10. The molecule has 4 aromatic rings. The number of fused-ring (bicyclic) bond motifs is 1. The molecular weight excluding hydrogens is 647 g/mol. The van der Waals surface area contributed by atoms with Gasteiger partial charge in [0.25, 0.3) is 0 Å². The van der Waals surface area contributed by atoms with Crippen molar-refractivity contribution in [2.45, 2.75) is 31.2 Å². The minimum absolute atomic E-state index is 0.000183. The van der Waals surface area contributed by atoms with Crippen LogP contribution in [0.3, 0.4) is 0 Å². The number of aliphatic hydroxyl groups excluding tert-OH is 1. The van der Waals surface area contributed by atoms with Crippen molar-refractivity contribution in [2.24, 2.45) is 0 Å². The summed E-state index contributed by atoms with van der Waals surface area (Å²) in [7, 11) is 1.54. The van der Waals surface area contributed by atoms with E-state index >= 15 is 0 Å². The van der Waals surface area contributed by atoms with Crippen LogP contribution in [0.15, 0.2) is 91.0 Å². The van der Waals surface area contributed by atoms with E-state index in [-0.39, 0.29) is 24.1 Å². The van der Waals surface area contributed by atoms with E-state index in [1.165, 1.54) is 0 Å². The number of rotatable bonds is 12. The number of hydrogen-bond donors (Lipinski definition) is 4. The SMILES string of the molecule is COc1ccc(C(=O)c2ccccc2)c(OC[C@H](O)CNC[C@H]2CCc3cc(-c4ccc(C(=O)O)cc4)ccc3O2)c1.O=C(O)C(F)(F)F. The molecule has 0 fully saturated rings. The third-order valence-electron chi connectivity index (χ3n) is 7.45. The van der Waals surface area contributed by atoms with Gasteiger partial charge in [-0.3, -0.25) is 4.79 Å². The number of carboxylic acid groups (broad SMARTS) is 2. The quantitative estimate of drug-likeness (QED) is 0.138. The first-order chi connectivity index (χ1) is 23.3. The summed E-state index contributed by atoms with van der Waals surface area (Å²) in [6, 6.07) is 26.9. The maximum atomic E-state index is 13.0. The molecular formula is C36H34F3NO9. The number of alkyl halides is 3. The monoisotopic (exact) mass is 681 g/mol. The number of ketones is 1. The Morgan fingerprint density at radius 1 is 0.918 bits per heavy atom. The van der Waals surface area contributed by atoms with E-state index in [1.807, 2.05) is 42.5 Å². The highest BCUT2D eigenvalue weighted by Gasteiger charge is 2.38. The number of benzene rings is 4.